The van der Waals surface area contributed by atoms with Crippen molar-refractivity contribution in [2.75, 3.05) is 13.1 Å². The van der Waals surface area contributed by atoms with Crippen LogP contribution in [0.15, 0.2) is 0 Å². The van der Waals surface area contributed by atoms with Gasteiger partial charge in [-0.1, -0.05) is 33.6 Å². The summed E-state index contributed by atoms with van der Waals surface area (Å²) in [7, 11) is 0. The summed E-state index contributed by atoms with van der Waals surface area (Å²) in [5.41, 5.74) is 0. The van der Waals surface area contributed by atoms with Gasteiger partial charge in [0.15, 0.2) is 0 Å². The average Bonchev–Trinajstić information content (AvgIpc) is 2.40. The zero-order valence-electron chi connectivity index (χ0n) is 13.5. The number of nitrogens with one attached hydrogen (secondary N) is 1. The lowest BCUT2D eigenvalue weighted by Gasteiger charge is -2.36. The summed E-state index contributed by atoms with van der Waals surface area (Å²) < 4.78 is 0. The van der Waals surface area contributed by atoms with E-state index in [4.69, 9.17) is 0 Å². The molecule has 0 saturated heterocycles. The highest BCUT2D eigenvalue weighted by Gasteiger charge is 2.28. The van der Waals surface area contributed by atoms with Gasteiger partial charge < -0.3 is 5.32 Å². The van der Waals surface area contributed by atoms with E-state index in [1.807, 2.05) is 6.92 Å². The Balaban J connectivity index is 2.41. The van der Waals surface area contributed by atoms with E-state index < -0.39 is 0 Å². The van der Waals surface area contributed by atoms with Gasteiger partial charge in [0.2, 0.25) is 0 Å². The maximum absolute atomic E-state index is 3.67. The minimum Gasteiger partial charge on any atom is -0.316 e. The Morgan fingerprint density at radius 3 is 2.63 bits per heavy atom. The molecule has 1 aliphatic carbocycles. The van der Waals surface area contributed by atoms with Gasteiger partial charge in [0.05, 0.1) is 0 Å². The predicted octanol–water partition coefficient (Wildman–Crippen LogP) is 4.48. The molecule has 1 rings (SSSR count). The standard InChI is InChI=1S/C18H33N/c1-5-7-8-9-17-12-16(6-2)10-11-18(17)14-19-13-15(3)4/h15-19H,6,8-14H2,1-4H3. The van der Waals surface area contributed by atoms with Crippen molar-refractivity contribution in [3.63, 3.8) is 0 Å². The van der Waals surface area contributed by atoms with Crippen molar-refractivity contribution in [2.45, 2.75) is 66.2 Å². The number of hydrogen-bond acceptors (Lipinski definition) is 1. The van der Waals surface area contributed by atoms with Crippen LogP contribution in [0.4, 0.5) is 0 Å². The summed E-state index contributed by atoms with van der Waals surface area (Å²) in [6, 6.07) is 0. The van der Waals surface area contributed by atoms with Crippen molar-refractivity contribution in [2.24, 2.45) is 23.7 Å². The zero-order chi connectivity index (χ0) is 14.1. The molecule has 3 atom stereocenters. The topological polar surface area (TPSA) is 12.0 Å². The number of rotatable bonds is 7. The molecule has 1 N–H and O–H groups in total. The summed E-state index contributed by atoms with van der Waals surface area (Å²) in [5, 5.41) is 3.67. The zero-order valence-corrected chi connectivity index (χ0v) is 13.5. The van der Waals surface area contributed by atoms with Crippen LogP contribution in [0.1, 0.15) is 66.2 Å². The molecule has 1 nitrogen and oxygen atoms in total. The Morgan fingerprint density at radius 2 is 2.00 bits per heavy atom. The second kappa shape index (κ2) is 9.43. The Hall–Kier alpha value is -0.480. The third-order valence-electron chi connectivity index (χ3n) is 4.60. The lowest BCUT2D eigenvalue weighted by molar-refractivity contribution is 0.163. The largest absolute Gasteiger partial charge is 0.316 e. The van der Waals surface area contributed by atoms with Crippen molar-refractivity contribution < 1.29 is 0 Å². The van der Waals surface area contributed by atoms with Crippen molar-refractivity contribution in [3.8, 4) is 11.8 Å². The smallest absolute Gasteiger partial charge is 0.00913 e. The van der Waals surface area contributed by atoms with Crippen molar-refractivity contribution in [1.82, 2.24) is 5.32 Å². The first kappa shape index (κ1) is 16.6. The second-order valence-corrected chi connectivity index (χ2v) is 6.63. The summed E-state index contributed by atoms with van der Waals surface area (Å²) in [6.07, 6.45) is 8.08. The highest BCUT2D eigenvalue weighted by Crippen LogP contribution is 2.37. The van der Waals surface area contributed by atoms with Crippen LogP contribution in [0.2, 0.25) is 0 Å². The van der Waals surface area contributed by atoms with E-state index in [9.17, 15) is 0 Å². The van der Waals surface area contributed by atoms with Gasteiger partial charge in [0.25, 0.3) is 0 Å². The van der Waals surface area contributed by atoms with Crippen LogP contribution in [-0.4, -0.2) is 13.1 Å². The van der Waals surface area contributed by atoms with Crippen LogP contribution < -0.4 is 5.32 Å². The maximum atomic E-state index is 3.67. The third kappa shape index (κ3) is 6.48. The summed E-state index contributed by atoms with van der Waals surface area (Å²) in [4.78, 5) is 0. The van der Waals surface area contributed by atoms with Crippen LogP contribution >= 0.6 is 0 Å². The van der Waals surface area contributed by atoms with Gasteiger partial charge in [0, 0.05) is 6.42 Å². The first-order valence-corrected chi connectivity index (χ1v) is 8.27. The van der Waals surface area contributed by atoms with Crippen molar-refractivity contribution in [3.05, 3.63) is 0 Å². The fourth-order valence-electron chi connectivity index (χ4n) is 3.36. The van der Waals surface area contributed by atoms with Gasteiger partial charge >= 0.3 is 0 Å². The Morgan fingerprint density at radius 1 is 1.21 bits per heavy atom. The molecule has 19 heavy (non-hydrogen) atoms. The van der Waals surface area contributed by atoms with Gasteiger partial charge in [-0.15, -0.1) is 11.8 Å². The van der Waals surface area contributed by atoms with E-state index >= 15 is 0 Å². The monoisotopic (exact) mass is 263 g/mol. The van der Waals surface area contributed by atoms with E-state index in [2.05, 4.69) is 37.9 Å². The molecule has 110 valence electrons. The van der Waals surface area contributed by atoms with E-state index in [0.717, 1.165) is 36.6 Å². The van der Waals surface area contributed by atoms with Crippen LogP contribution in [-0.2, 0) is 0 Å². The molecule has 1 heteroatoms. The van der Waals surface area contributed by atoms with Crippen LogP contribution in [0.5, 0.6) is 0 Å². The molecule has 0 aromatic carbocycles. The Labute approximate surface area is 120 Å². The maximum Gasteiger partial charge on any atom is 0.00913 e. The van der Waals surface area contributed by atoms with E-state index in [1.54, 1.807) is 0 Å². The molecule has 1 aliphatic rings. The molecule has 0 radical (unpaired) electrons. The molecule has 1 fully saturated rings. The molecule has 3 unspecified atom stereocenters. The summed E-state index contributed by atoms with van der Waals surface area (Å²) in [5.74, 6) is 9.82. The van der Waals surface area contributed by atoms with Gasteiger partial charge in [-0.3, -0.25) is 0 Å². The highest BCUT2D eigenvalue weighted by molar-refractivity contribution is 4.96. The molecule has 0 aromatic rings. The summed E-state index contributed by atoms with van der Waals surface area (Å²) >= 11 is 0. The Bertz CT molecular complexity index is 284. The molecular weight excluding hydrogens is 230 g/mol. The first-order valence-electron chi connectivity index (χ1n) is 8.27. The quantitative estimate of drug-likeness (QED) is 0.668. The van der Waals surface area contributed by atoms with E-state index in [1.165, 1.54) is 38.6 Å². The van der Waals surface area contributed by atoms with Gasteiger partial charge in [-0.25, -0.2) is 0 Å². The fourth-order valence-corrected chi connectivity index (χ4v) is 3.36. The third-order valence-corrected chi connectivity index (χ3v) is 4.60. The molecule has 0 heterocycles. The molecule has 0 aromatic heterocycles. The first-order chi connectivity index (χ1) is 9.17. The fraction of sp³-hybridized carbons (Fsp3) is 0.889. The van der Waals surface area contributed by atoms with Crippen molar-refractivity contribution in [1.29, 1.82) is 0 Å². The molecule has 0 amide bonds. The van der Waals surface area contributed by atoms with Crippen molar-refractivity contribution >= 4 is 0 Å². The highest BCUT2D eigenvalue weighted by atomic mass is 14.9. The minimum atomic E-state index is 0.761. The van der Waals surface area contributed by atoms with Gasteiger partial charge in [0.1, 0.15) is 0 Å². The number of hydrogen-bond donors (Lipinski definition) is 1. The lowest BCUT2D eigenvalue weighted by atomic mass is 9.71. The van der Waals surface area contributed by atoms with E-state index in [-0.39, 0.29) is 0 Å². The SMILES string of the molecule is CC#CCCC1CC(CC)CCC1CNCC(C)C. The molecule has 1 saturated carbocycles. The van der Waals surface area contributed by atoms with Crippen LogP contribution in [0.25, 0.3) is 0 Å². The van der Waals surface area contributed by atoms with E-state index in [0.29, 0.717) is 0 Å². The van der Waals surface area contributed by atoms with Gasteiger partial charge in [-0.05, 0) is 62.9 Å². The molecule has 0 aliphatic heterocycles. The molecule has 0 bridgehead atoms. The Kier molecular flexibility index (Phi) is 8.22. The average molecular weight is 263 g/mol. The lowest BCUT2D eigenvalue weighted by Crippen LogP contribution is -2.34. The van der Waals surface area contributed by atoms with Crippen LogP contribution in [0, 0.1) is 35.5 Å². The normalized spacial score (nSPS) is 27.1. The molecular formula is C18H33N. The van der Waals surface area contributed by atoms with Crippen LogP contribution in [0.3, 0.4) is 0 Å². The molecule has 0 spiro atoms. The predicted molar refractivity (Wildman–Crippen MR) is 85.0 cm³/mol. The minimum absolute atomic E-state index is 0.761. The second-order valence-electron chi connectivity index (χ2n) is 6.63. The van der Waals surface area contributed by atoms with Gasteiger partial charge in [-0.2, -0.15) is 0 Å². The summed E-state index contributed by atoms with van der Waals surface area (Å²) in [6.45, 7) is 11.3.